The minimum absolute atomic E-state index is 0.0178. The molecule has 3 rings (SSSR count). The van der Waals surface area contributed by atoms with Crippen molar-refractivity contribution in [2.75, 3.05) is 13.2 Å². The number of ketones is 1. The molecule has 3 nitrogen and oxygen atoms in total. The van der Waals surface area contributed by atoms with Crippen LogP contribution in [0.5, 0.6) is 5.75 Å². The van der Waals surface area contributed by atoms with Crippen molar-refractivity contribution in [3.63, 3.8) is 0 Å². The Bertz CT molecular complexity index is 695. The summed E-state index contributed by atoms with van der Waals surface area (Å²) in [5, 5.41) is 0. The monoisotopic (exact) mass is 310 g/mol. The number of benzene rings is 2. The Labute approximate surface area is 137 Å². The Morgan fingerprint density at radius 3 is 2.43 bits per heavy atom. The molecule has 1 fully saturated rings. The second-order valence-electron chi connectivity index (χ2n) is 6.96. The predicted molar refractivity (Wildman–Crippen MR) is 90.3 cm³/mol. The summed E-state index contributed by atoms with van der Waals surface area (Å²) in [6, 6.07) is 15.2. The number of carbonyl (C=O) groups is 1. The molecule has 1 heterocycles. The molecule has 3 heteroatoms. The number of carbonyl (C=O) groups excluding carboxylic acids is 1. The molecule has 1 aliphatic rings. The van der Waals surface area contributed by atoms with Crippen LogP contribution < -0.4 is 4.74 Å². The highest BCUT2D eigenvalue weighted by Crippen LogP contribution is 2.29. The molecule has 0 aliphatic carbocycles. The van der Waals surface area contributed by atoms with E-state index in [9.17, 15) is 4.79 Å². The normalized spacial score (nSPS) is 16.9. The summed E-state index contributed by atoms with van der Waals surface area (Å²) in [7, 11) is 0. The van der Waals surface area contributed by atoms with E-state index in [1.54, 1.807) is 0 Å². The third-order valence-corrected chi connectivity index (χ3v) is 3.91. The van der Waals surface area contributed by atoms with Gasteiger partial charge >= 0.3 is 0 Å². The lowest BCUT2D eigenvalue weighted by molar-refractivity contribution is 0.103. The van der Waals surface area contributed by atoms with Crippen LogP contribution in [0.25, 0.3) is 0 Å². The van der Waals surface area contributed by atoms with Crippen LogP contribution in [0.3, 0.4) is 0 Å². The number of hydrogen-bond donors (Lipinski definition) is 0. The summed E-state index contributed by atoms with van der Waals surface area (Å²) in [6.07, 6.45) is 0.196. The lowest BCUT2D eigenvalue weighted by atomic mass is 9.85. The standard InChI is InChI=1S/C20H22O3/c1-20(2,3)16-9-15(19(21)14-7-5-4-6-8-14)10-17(11-16)22-12-18-13-23-18/h4-11,18H,12-13H2,1-3H3. The fourth-order valence-electron chi connectivity index (χ4n) is 2.36. The average molecular weight is 310 g/mol. The fourth-order valence-corrected chi connectivity index (χ4v) is 2.36. The van der Waals surface area contributed by atoms with E-state index in [-0.39, 0.29) is 17.3 Å². The van der Waals surface area contributed by atoms with Crippen molar-refractivity contribution in [1.29, 1.82) is 0 Å². The van der Waals surface area contributed by atoms with Crippen molar-refractivity contribution < 1.29 is 14.3 Å². The smallest absolute Gasteiger partial charge is 0.193 e. The van der Waals surface area contributed by atoms with E-state index < -0.39 is 0 Å². The minimum Gasteiger partial charge on any atom is -0.491 e. The average Bonchev–Trinajstić information content (AvgIpc) is 3.36. The quantitative estimate of drug-likeness (QED) is 0.619. The fraction of sp³-hybridized carbons (Fsp3) is 0.350. The third kappa shape index (κ3) is 3.99. The van der Waals surface area contributed by atoms with Crippen LogP contribution in [0.4, 0.5) is 0 Å². The molecule has 23 heavy (non-hydrogen) atoms. The minimum atomic E-state index is -0.0544. The highest BCUT2D eigenvalue weighted by molar-refractivity contribution is 6.09. The van der Waals surface area contributed by atoms with Gasteiger partial charge in [0.15, 0.2) is 5.78 Å². The zero-order chi connectivity index (χ0) is 16.4. The van der Waals surface area contributed by atoms with Crippen LogP contribution >= 0.6 is 0 Å². The molecule has 0 bridgehead atoms. The second kappa shape index (κ2) is 6.17. The molecule has 120 valence electrons. The molecule has 1 atom stereocenters. The topological polar surface area (TPSA) is 38.8 Å². The van der Waals surface area contributed by atoms with Gasteiger partial charge in [0.1, 0.15) is 18.5 Å². The third-order valence-electron chi connectivity index (χ3n) is 3.91. The van der Waals surface area contributed by atoms with E-state index in [4.69, 9.17) is 9.47 Å². The van der Waals surface area contributed by atoms with E-state index in [0.29, 0.717) is 17.7 Å². The highest BCUT2D eigenvalue weighted by atomic mass is 16.6. The molecular formula is C20H22O3. The van der Waals surface area contributed by atoms with E-state index in [1.807, 2.05) is 48.5 Å². The van der Waals surface area contributed by atoms with Crippen LogP contribution in [-0.2, 0) is 10.2 Å². The van der Waals surface area contributed by atoms with Crippen LogP contribution in [-0.4, -0.2) is 25.1 Å². The van der Waals surface area contributed by atoms with Crippen LogP contribution in [0.1, 0.15) is 42.3 Å². The number of rotatable bonds is 5. The molecule has 0 N–H and O–H groups in total. The number of epoxide rings is 1. The van der Waals surface area contributed by atoms with Crippen molar-refractivity contribution in [2.24, 2.45) is 0 Å². The predicted octanol–water partition coefficient (Wildman–Crippen LogP) is 3.99. The summed E-state index contributed by atoms with van der Waals surface area (Å²) >= 11 is 0. The first-order valence-electron chi connectivity index (χ1n) is 7.93. The van der Waals surface area contributed by atoms with E-state index in [0.717, 1.165) is 17.9 Å². The van der Waals surface area contributed by atoms with Gasteiger partial charge in [-0.3, -0.25) is 4.79 Å². The summed E-state index contributed by atoms with van der Waals surface area (Å²) in [6.45, 7) is 7.69. The molecule has 1 aliphatic heterocycles. The molecule has 0 amide bonds. The maximum absolute atomic E-state index is 12.7. The summed E-state index contributed by atoms with van der Waals surface area (Å²) < 4.78 is 11.0. The number of ether oxygens (including phenoxy) is 2. The zero-order valence-electron chi connectivity index (χ0n) is 13.8. The van der Waals surface area contributed by atoms with Gasteiger partial charge in [-0.1, -0.05) is 51.1 Å². The zero-order valence-corrected chi connectivity index (χ0v) is 13.8. The van der Waals surface area contributed by atoms with Gasteiger partial charge in [0.25, 0.3) is 0 Å². The van der Waals surface area contributed by atoms with Gasteiger partial charge in [0.2, 0.25) is 0 Å². The van der Waals surface area contributed by atoms with Gasteiger partial charge in [0, 0.05) is 11.1 Å². The summed E-state index contributed by atoms with van der Waals surface area (Å²) in [5.41, 5.74) is 2.39. The van der Waals surface area contributed by atoms with E-state index in [1.165, 1.54) is 0 Å². The lowest BCUT2D eigenvalue weighted by Crippen LogP contribution is -2.14. The molecule has 2 aromatic rings. The molecule has 0 spiro atoms. The van der Waals surface area contributed by atoms with Crippen molar-refractivity contribution in [2.45, 2.75) is 32.3 Å². The van der Waals surface area contributed by atoms with Gasteiger partial charge in [-0.15, -0.1) is 0 Å². The van der Waals surface area contributed by atoms with Gasteiger partial charge in [-0.05, 0) is 29.2 Å². The van der Waals surface area contributed by atoms with Crippen molar-refractivity contribution in [3.05, 3.63) is 65.2 Å². The first-order valence-corrected chi connectivity index (χ1v) is 7.93. The van der Waals surface area contributed by atoms with Crippen molar-refractivity contribution in [3.8, 4) is 5.75 Å². The van der Waals surface area contributed by atoms with Crippen molar-refractivity contribution >= 4 is 5.78 Å². The second-order valence-corrected chi connectivity index (χ2v) is 6.96. The maximum Gasteiger partial charge on any atom is 0.193 e. The molecule has 1 unspecified atom stereocenters. The molecule has 0 radical (unpaired) electrons. The van der Waals surface area contributed by atoms with Gasteiger partial charge in [-0.2, -0.15) is 0 Å². The van der Waals surface area contributed by atoms with Crippen molar-refractivity contribution in [1.82, 2.24) is 0 Å². The molecule has 0 aromatic heterocycles. The van der Waals surface area contributed by atoms with Gasteiger partial charge in [0.05, 0.1) is 6.61 Å². The maximum atomic E-state index is 12.7. The Morgan fingerprint density at radius 1 is 1.13 bits per heavy atom. The Morgan fingerprint density at radius 2 is 1.83 bits per heavy atom. The van der Waals surface area contributed by atoms with Gasteiger partial charge in [-0.25, -0.2) is 0 Å². The van der Waals surface area contributed by atoms with E-state index in [2.05, 4.69) is 20.8 Å². The van der Waals surface area contributed by atoms with Crippen LogP contribution in [0.15, 0.2) is 48.5 Å². The molecule has 2 aromatic carbocycles. The summed E-state index contributed by atoms with van der Waals surface area (Å²) in [4.78, 5) is 12.7. The Kier molecular flexibility index (Phi) is 4.22. The molecule has 1 saturated heterocycles. The Balaban J connectivity index is 1.93. The summed E-state index contributed by atoms with van der Waals surface area (Å²) in [5.74, 6) is 0.747. The first kappa shape index (κ1) is 15.8. The number of hydrogen-bond acceptors (Lipinski definition) is 3. The first-order chi connectivity index (χ1) is 10.9. The highest BCUT2D eigenvalue weighted by Gasteiger charge is 2.24. The van der Waals surface area contributed by atoms with Crippen LogP contribution in [0.2, 0.25) is 0 Å². The van der Waals surface area contributed by atoms with E-state index >= 15 is 0 Å². The van der Waals surface area contributed by atoms with Crippen LogP contribution in [0, 0.1) is 0 Å². The SMILES string of the molecule is CC(C)(C)c1cc(OCC2CO2)cc(C(=O)c2ccccc2)c1. The largest absolute Gasteiger partial charge is 0.491 e. The molecule has 0 saturated carbocycles. The Hall–Kier alpha value is -2.13. The lowest BCUT2D eigenvalue weighted by Gasteiger charge is -2.21. The van der Waals surface area contributed by atoms with Gasteiger partial charge < -0.3 is 9.47 Å². The molecular weight excluding hydrogens is 288 g/mol.